The Kier molecular flexibility index (Phi) is 4.64. The predicted molar refractivity (Wildman–Crippen MR) is 114 cm³/mol. The molecule has 0 aliphatic carbocycles. The monoisotopic (exact) mass is 405 g/mol. The maximum atomic E-state index is 12.6. The van der Waals surface area contributed by atoms with E-state index in [0.29, 0.717) is 0 Å². The Morgan fingerprint density at radius 1 is 1.07 bits per heavy atom. The molecule has 148 valence electrons. The number of piperidine rings is 1. The Labute approximate surface area is 174 Å². The van der Waals surface area contributed by atoms with E-state index >= 15 is 0 Å². The summed E-state index contributed by atoms with van der Waals surface area (Å²) in [6.07, 6.45) is 1.66. The summed E-state index contributed by atoms with van der Waals surface area (Å²) in [5.41, 5.74) is 3.78. The fraction of sp³-hybridized carbons (Fsp3) is 0.292. The molecule has 0 saturated carbocycles. The van der Waals surface area contributed by atoms with E-state index < -0.39 is 5.60 Å². The van der Waals surface area contributed by atoms with Gasteiger partial charge in [0.25, 0.3) is 0 Å². The SMILES string of the molecule is COc1ccc(-c2scc3c2C2(CCN(Cc4ccccc4)CC2)OC3=O)cc1. The topological polar surface area (TPSA) is 38.8 Å². The molecule has 0 amide bonds. The van der Waals surface area contributed by atoms with Crippen molar-refractivity contribution in [1.29, 1.82) is 0 Å². The van der Waals surface area contributed by atoms with Gasteiger partial charge in [0.1, 0.15) is 11.4 Å². The molecule has 5 rings (SSSR count). The van der Waals surface area contributed by atoms with Crippen LogP contribution in [0.15, 0.2) is 60.0 Å². The molecule has 1 fully saturated rings. The third-order valence-corrected chi connectivity index (χ3v) is 7.05. The lowest BCUT2D eigenvalue weighted by Crippen LogP contribution is -2.42. The molecular weight excluding hydrogens is 382 g/mol. The lowest BCUT2D eigenvalue weighted by atomic mass is 9.83. The van der Waals surface area contributed by atoms with Crippen LogP contribution < -0.4 is 4.74 Å². The number of hydrogen-bond donors (Lipinski definition) is 0. The number of nitrogens with zero attached hydrogens (tertiary/aromatic N) is 1. The Bertz CT molecular complexity index is 1020. The van der Waals surface area contributed by atoms with Crippen molar-refractivity contribution in [3.8, 4) is 16.2 Å². The van der Waals surface area contributed by atoms with Crippen molar-refractivity contribution in [2.75, 3.05) is 20.2 Å². The number of methoxy groups -OCH3 is 1. The van der Waals surface area contributed by atoms with E-state index in [0.717, 1.165) is 59.8 Å². The Balaban J connectivity index is 1.41. The third-order valence-electron chi connectivity index (χ3n) is 6.02. The first kappa shape index (κ1) is 18.4. The summed E-state index contributed by atoms with van der Waals surface area (Å²) < 4.78 is 11.3. The van der Waals surface area contributed by atoms with Crippen LogP contribution >= 0.6 is 11.3 Å². The van der Waals surface area contributed by atoms with Gasteiger partial charge in [-0.1, -0.05) is 30.3 Å². The molecule has 3 heterocycles. The highest BCUT2D eigenvalue weighted by atomic mass is 32.1. The van der Waals surface area contributed by atoms with Crippen molar-refractivity contribution >= 4 is 17.3 Å². The molecule has 0 bridgehead atoms. The summed E-state index contributed by atoms with van der Waals surface area (Å²) in [5.74, 6) is 0.658. The van der Waals surface area contributed by atoms with Crippen molar-refractivity contribution in [2.24, 2.45) is 0 Å². The van der Waals surface area contributed by atoms with E-state index in [1.807, 2.05) is 23.6 Å². The normalized spacial score (nSPS) is 17.9. The first-order valence-corrected chi connectivity index (χ1v) is 10.8. The number of hydrogen-bond acceptors (Lipinski definition) is 5. The second-order valence-electron chi connectivity index (χ2n) is 7.73. The van der Waals surface area contributed by atoms with E-state index in [2.05, 4.69) is 41.3 Å². The predicted octanol–water partition coefficient (Wildman–Crippen LogP) is 5.09. The highest BCUT2D eigenvalue weighted by Gasteiger charge is 2.49. The van der Waals surface area contributed by atoms with Crippen LogP contribution in [0.4, 0.5) is 0 Å². The molecule has 29 heavy (non-hydrogen) atoms. The zero-order chi connectivity index (χ0) is 19.8. The van der Waals surface area contributed by atoms with Gasteiger partial charge in [-0.05, 0) is 35.4 Å². The zero-order valence-electron chi connectivity index (χ0n) is 16.4. The minimum atomic E-state index is -0.491. The fourth-order valence-corrected chi connectivity index (χ4v) is 5.60. The average molecular weight is 406 g/mol. The van der Waals surface area contributed by atoms with Crippen molar-refractivity contribution in [3.63, 3.8) is 0 Å². The first-order valence-electron chi connectivity index (χ1n) is 9.94. The van der Waals surface area contributed by atoms with Gasteiger partial charge in [-0.25, -0.2) is 4.79 Å². The van der Waals surface area contributed by atoms with Gasteiger partial charge in [0.05, 0.1) is 12.7 Å². The Morgan fingerprint density at radius 2 is 1.79 bits per heavy atom. The van der Waals surface area contributed by atoms with Gasteiger partial charge in [0, 0.05) is 48.3 Å². The molecule has 1 aromatic heterocycles. The van der Waals surface area contributed by atoms with Gasteiger partial charge in [-0.3, -0.25) is 4.90 Å². The second kappa shape index (κ2) is 7.32. The van der Waals surface area contributed by atoms with Gasteiger partial charge < -0.3 is 9.47 Å². The molecule has 2 aliphatic heterocycles. The summed E-state index contributed by atoms with van der Waals surface area (Å²) in [6, 6.07) is 18.6. The smallest absolute Gasteiger partial charge is 0.340 e. The average Bonchev–Trinajstić information content (AvgIpc) is 3.32. The van der Waals surface area contributed by atoms with Crippen LogP contribution in [-0.2, 0) is 16.9 Å². The van der Waals surface area contributed by atoms with Gasteiger partial charge in [-0.2, -0.15) is 0 Å². The number of carbonyl (C=O) groups excluding carboxylic acids is 1. The molecule has 0 radical (unpaired) electrons. The fourth-order valence-electron chi connectivity index (χ4n) is 4.46. The van der Waals surface area contributed by atoms with Crippen molar-refractivity contribution in [2.45, 2.75) is 25.0 Å². The van der Waals surface area contributed by atoms with Crippen LogP contribution in [0.25, 0.3) is 10.4 Å². The second-order valence-corrected chi connectivity index (χ2v) is 8.61. The molecule has 1 spiro atoms. The van der Waals surface area contributed by atoms with Crippen LogP contribution in [0, 0.1) is 0 Å². The van der Waals surface area contributed by atoms with Crippen LogP contribution in [0.1, 0.15) is 34.3 Å². The number of fused-ring (bicyclic) bond motifs is 2. The molecule has 0 atom stereocenters. The van der Waals surface area contributed by atoms with Crippen LogP contribution in [-0.4, -0.2) is 31.1 Å². The Hall–Kier alpha value is -2.63. The lowest BCUT2D eigenvalue weighted by molar-refractivity contribution is -0.0437. The van der Waals surface area contributed by atoms with E-state index in [9.17, 15) is 4.79 Å². The minimum Gasteiger partial charge on any atom is -0.497 e. The summed E-state index contributed by atoms with van der Waals surface area (Å²) in [5, 5.41) is 1.96. The molecular formula is C24H23NO3S. The van der Waals surface area contributed by atoms with Crippen LogP contribution in [0.5, 0.6) is 5.75 Å². The molecule has 1 saturated heterocycles. The molecule has 5 heteroatoms. The number of ether oxygens (including phenoxy) is 2. The summed E-state index contributed by atoms with van der Waals surface area (Å²) in [7, 11) is 1.67. The van der Waals surface area contributed by atoms with Crippen molar-refractivity contribution in [1.82, 2.24) is 4.90 Å². The number of thiophene rings is 1. The van der Waals surface area contributed by atoms with Crippen molar-refractivity contribution in [3.05, 3.63) is 76.7 Å². The molecule has 0 N–H and O–H groups in total. The molecule has 2 aliphatic rings. The highest BCUT2D eigenvalue weighted by Crippen LogP contribution is 2.51. The number of rotatable bonds is 4. The molecule has 2 aromatic carbocycles. The quantitative estimate of drug-likeness (QED) is 0.567. The van der Waals surface area contributed by atoms with E-state index in [-0.39, 0.29) is 5.97 Å². The highest BCUT2D eigenvalue weighted by molar-refractivity contribution is 7.14. The summed E-state index contributed by atoms with van der Waals surface area (Å²) in [6.45, 7) is 2.77. The Morgan fingerprint density at radius 3 is 2.48 bits per heavy atom. The number of likely N-dealkylation sites (tertiary alicyclic amines) is 1. The standard InChI is InChI=1S/C24H23NO3S/c1-27-19-9-7-18(8-10-19)22-21-20(16-29-22)23(26)28-24(21)11-13-25(14-12-24)15-17-5-3-2-4-6-17/h2-10,16H,11-15H2,1H3. The van der Waals surface area contributed by atoms with Gasteiger partial charge in [0.15, 0.2) is 0 Å². The largest absolute Gasteiger partial charge is 0.497 e. The van der Waals surface area contributed by atoms with E-state index in [1.54, 1.807) is 18.4 Å². The minimum absolute atomic E-state index is 0.174. The maximum absolute atomic E-state index is 12.6. The van der Waals surface area contributed by atoms with Crippen LogP contribution in [0.2, 0.25) is 0 Å². The van der Waals surface area contributed by atoms with Gasteiger partial charge in [0.2, 0.25) is 0 Å². The zero-order valence-corrected chi connectivity index (χ0v) is 17.2. The van der Waals surface area contributed by atoms with E-state index in [1.165, 1.54) is 5.56 Å². The number of esters is 1. The summed E-state index contributed by atoms with van der Waals surface area (Å²) in [4.78, 5) is 16.2. The van der Waals surface area contributed by atoms with Crippen LogP contribution in [0.3, 0.4) is 0 Å². The van der Waals surface area contributed by atoms with Gasteiger partial charge in [-0.15, -0.1) is 11.3 Å². The molecule has 4 nitrogen and oxygen atoms in total. The third kappa shape index (κ3) is 3.24. The first-order chi connectivity index (χ1) is 14.2. The number of carbonyl (C=O) groups is 1. The van der Waals surface area contributed by atoms with E-state index in [4.69, 9.17) is 9.47 Å². The summed E-state index contributed by atoms with van der Waals surface area (Å²) >= 11 is 1.64. The molecule has 0 unspecified atom stereocenters. The lowest BCUT2D eigenvalue weighted by Gasteiger charge is -2.39. The number of benzene rings is 2. The van der Waals surface area contributed by atoms with Crippen molar-refractivity contribution < 1.29 is 14.3 Å². The maximum Gasteiger partial charge on any atom is 0.340 e. The van der Waals surface area contributed by atoms with Gasteiger partial charge >= 0.3 is 5.97 Å². The molecule has 3 aromatic rings.